The molecular weight excluding hydrogens is 340 g/mol. The molecule has 1 amide bonds. The van der Waals surface area contributed by atoms with Gasteiger partial charge in [0.1, 0.15) is 6.26 Å². The van der Waals surface area contributed by atoms with Gasteiger partial charge in [0.05, 0.1) is 6.10 Å². The maximum atomic E-state index is 12.8. The second-order valence-corrected chi connectivity index (χ2v) is 9.04. The summed E-state index contributed by atoms with van der Waals surface area (Å²) in [6.45, 7) is 5.36. The molecule has 1 aliphatic heterocycles. The summed E-state index contributed by atoms with van der Waals surface area (Å²) in [5.41, 5.74) is 1.77. The summed E-state index contributed by atoms with van der Waals surface area (Å²) in [6, 6.07) is 12.3. The van der Waals surface area contributed by atoms with Gasteiger partial charge in [0.25, 0.3) is 5.91 Å². The lowest BCUT2D eigenvalue weighted by atomic mass is 9.59. The molecule has 1 aromatic carbocycles. The standard InChI is InChI=1S/C22H26N2O3/c1-21(2)15-12-16-18(14-6-4-3-5-7-14)26-11-9-22(16,13-15)20(21)23-19(25)17-8-10-27-24-17/h3-8,10,15-16,18,20H,9,11-13H2,1-2H3,(H,23,25)/t15-,16-,18-,20+,22?/m1/s1. The van der Waals surface area contributed by atoms with E-state index in [2.05, 4.69) is 48.6 Å². The van der Waals surface area contributed by atoms with E-state index in [0.717, 1.165) is 13.0 Å². The Morgan fingerprint density at radius 1 is 1.22 bits per heavy atom. The average molecular weight is 366 g/mol. The van der Waals surface area contributed by atoms with Gasteiger partial charge in [-0.05, 0) is 47.5 Å². The molecule has 0 radical (unpaired) electrons. The van der Waals surface area contributed by atoms with Crippen LogP contribution in [0.2, 0.25) is 0 Å². The van der Waals surface area contributed by atoms with Crippen molar-refractivity contribution < 1.29 is 14.1 Å². The van der Waals surface area contributed by atoms with Gasteiger partial charge < -0.3 is 14.6 Å². The van der Waals surface area contributed by atoms with Crippen LogP contribution in [0.15, 0.2) is 47.2 Å². The minimum Gasteiger partial charge on any atom is -0.373 e. The molecule has 1 unspecified atom stereocenters. The highest BCUT2D eigenvalue weighted by Gasteiger charge is 2.68. The SMILES string of the molecule is CC1(C)[C@@H]2C[C@@H]3[C@@H](c4ccccc4)OCCC3(C2)[C@H]1NC(=O)c1ccon1. The number of benzene rings is 1. The van der Waals surface area contributed by atoms with Crippen molar-refractivity contribution in [3.63, 3.8) is 0 Å². The molecule has 5 heteroatoms. The van der Waals surface area contributed by atoms with Crippen LogP contribution < -0.4 is 5.32 Å². The molecule has 2 aliphatic carbocycles. The van der Waals surface area contributed by atoms with Gasteiger partial charge in [0, 0.05) is 18.7 Å². The molecule has 2 saturated carbocycles. The Morgan fingerprint density at radius 3 is 2.78 bits per heavy atom. The van der Waals surface area contributed by atoms with Crippen molar-refractivity contribution in [2.45, 2.75) is 45.3 Å². The van der Waals surface area contributed by atoms with Crippen LogP contribution in [-0.2, 0) is 4.74 Å². The summed E-state index contributed by atoms with van der Waals surface area (Å²) in [4.78, 5) is 12.8. The molecular formula is C22H26N2O3. The van der Waals surface area contributed by atoms with Gasteiger partial charge in [-0.1, -0.05) is 49.3 Å². The lowest BCUT2D eigenvalue weighted by Gasteiger charge is -2.53. The van der Waals surface area contributed by atoms with Crippen LogP contribution in [0, 0.1) is 22.7 Å². The quantitative estimate of drug-likeness (QED) is 0.892. The second-order valence-electron chi connectivity index (χ2n) is 9.04. The van der Waals surface area contributed by atoms with Crippen molar-refractivity contribution in [1.82, 2.24) is 10.5 Å². The summed E-state index contributed by atoms with van der Waals surface area (Å²) >= 11 is 0. The van der Waals surface area contributed by atoms with Gasteiger partial charge in [-0.25, -0.2) is 0 Å². The summed E-state index contributed by atoms with van der Waals surface area (Å²) in [6.07, 6.45) is 4.91. The van der Waals surface area contributed by atoms with Crippen molar-refractivity contribution in [2.24, 2.45) is 22.7 Å². The first kappa shape index (κ1) is 17.0. The Balaban J connectivity index is 1.49. The van der Waals surface area contributed by atoms with Gasteiger partial charge in [0.2, 0.25) is 0 Å². The van der Waals surface area contributed by atoms with Crippen molar-refractivity contribution in [3.8, 4) is 0 Å². The molecule has 1 spiro atoms. The molecule has 5 nitrogen and oxygen atoms in total. The molecule has 5 atom stereocenters. The first-order valence-corrected chi connectivity index (χ1v) is 9.90. The molecule has 2 bridgehead atoms. The Bertz CT molecular complexity index is 833. The number of hydrogen-bond donors (Lipinski definition) is 1. The second kappa shape index (κ2) is 5.93. The third-order valence-corrected chi connectivity index (χ3v) is 7.58. The van der Waals surface area contributed by atoms with E-state index in [0.29, 0.717) is 17.5 Å². The van der Waals surface area contributed by atoms with Crippen LogP contribution in [0.25, 0.3) is 0 Å². The summed E-state index contributed by atoms with van der Waals surface area (Å²) in [7, 11) is 0. The summed E-state index contributed by atoms with van der Waals surface area (Å²) in [5.74, 6) is 0.901. The Labute approximate surface area is 159 Å². The van der Waals surface area contributed by atoms with Crippen molar-refractivity contribution in [1.29, 1.82) is 0 Å². The van der Waals surface area contributed by atoms with E-state index < -0.39 is 0 Å². The summed E-state index contributed by atoms with van der Waals surface area (Å²) in [5, 5.41) is 7.17. The predicted molar refractivity (Wildman–Crippen MR) is 99.9 cm³/mol. The number of rotatable bonds is 3. The average Bonchev–Trinajstić information content (AvgIpc) is 3.37. The molecule has 27 heavy (non-hydrogen) atoms. The van der Waals surface area contributed by atoms with Crippen LogP contribution >= 0.6 is 0 Å². The number of nitrogens with one attached hydrogen (secondary N) is 1. The first-order valence-electron chi connectivity index (χ1n) is 9.90. The topological polar surface area (TPSA) is 64.4 Å². The Hall–Kier alpha value is -2.14. The molecule has 3 aliphatic rings. The number of carbonyl (C=O) groups excluding carboxylic acids is 1. The Morgan fingerprint density at radius 2 is 2.04 bits per heavy atom. The summed E-state index contributed by atoms with van der Waals surface area (Å²) < 4.78 is 11.1. The van der Waals surface area contributed by atoms with E-state index >= 15 is 0 Å². The molecule has 1 aromatic heterocycles. The minimum absolute atomic E-state index is 0.0640. The third-order valence-electron chi connectivity index (χ3n) is 7.58. The van der Waals surface area contributed by atoms with E-state index in [1.807, 2.05) is 6.07 Å². The van der Waals surface area contributed by atoms with Crippen molar-refractivity contribution >= 4 is 5.91 Å². The molecule has 5 rings (SSSR count). The molecule has 1 N–H and O–H groups in total. The fourth-order valence-corrected chi connectivity index (χ4v) is 6.29. The number of hydrogen-bond acceptors (Lipinski definition) is 4. The van der Waals surface area contributed by atoms with Crippen molar-refractivity contribution in [3.05, 3.63) is 53.9 Å². The Kier molecular flexibility index (Phi) is 3.73. The zero-order valence-electron chi connectivity index (χ0n) is 15.9. The molecule has 2 heterocycles. The largest absolute Gasteiger partial charge is 0.373 e. The zero-order chi connectivity index (χ0) is 18.6. The lowest BCUT2D eigenvalue weighted by Crippen LogP contribution is -2.58. The number of ether oxygens (including phenoxy) is 1. The van der Waals surface area contributed by atoms with Gasteiger partial charge in [-0.15, -0.1) is 0 Å². The fourth-order valence-electron chi connectivity index (χ4n) is 6.29. The van der Waals surface area contributed by atoms with E-state index in [1.165, 1.54) is 24.7 Å². The number of carbonyl (C=O) groups is 1. The van der Waals surface area contributed by atoms with Gasteiger partial charge >= 0.3 is 0 Å². The smallest absolute Gasteiger partial charge is 0.273 e. The van der Waals surface area contributed by atoms with E-state index in [4.69, 9.17) is 9.26 Å². The van der Waals surface area contributed by atoms with Gasteiger partial charge in [-0.3, -0.25) is 4.79 Å². The van der Waals surface area contributed by atoms with Gasteiger partial charge in [-0.2, -0.15) is 0 Å². The highest BCUT2D eigenvalue weighted by Crippen LogP contribution is 2.70. The normalized spacial score (nSPS) is 36.4. The van der Waals surface area contributed by atoms with Crippen LogP contribution in [0.5, 0.6) is 0 Å². The van der Waals surface area contributed by atoms with Crippen LogP contribution in [0.3, 0.4) is 0 Å². The van der Waals surface area contributed by atoms with Crippen molar-refractivity contribution in [2.75, 3.05) is 6.61 Å². The van der Waals surface area contributed by atoms with E-state index in [1.54, 1.807) is 6.07 Å². The monoisotopic (exact) mass is 366 g/mol. The number of amides is 1. The lowest BCUT2D eigenvalue weighted by molar-refractivity contribution is -0.120. The third kappa shape index (κ3) is 2.40. The molecule has 142 valence electrons. The van der Waals surface area contributed by atoms with Crippen LogP contribution in [0.4, 0.5) is 0 Å². The number of nitrogens with zero attached hydrogens (tertiary/aromatic N) is 1. The zero-order valence-corrected chi connectivity index (χ0v) is 15.9. The maximum absolute atomic E-state index is 12.8. The minimum atomic E-state index is -0.134. The maximum Gasteiger partial charge on any atom is 0.273 e. The highest BCUT2D eigenvalue weighted by molar-refractivity contribution is 5.92. The van der Waals surface area contributed by atoms with E-state index in [-0.39, 0.29) is 28.9 Å². The number of fused-ring (bicyclic) bond motifs is 1. The van der Waals surface area contributed by atoms with E-state index in [9.17, 15) is 4.79 Å². The molecule has 2 aromatic rings. The van der Waals surface area contributed by atoms with Gasteiger partial charge in [0.15, 0.2) is 5.69 Å². The van der Waals surface area contributed by atoms with Crippen LogP contribution in [0.1, 0.15) is 55.3 Å². The first-order chi connectivity index (χ1) is 13.0. The molecule has 1 saturated heterocycles. The predicted octanol–water partition coefficient (Wildman–Crippen LogP) is 3.99. The van der Waals surface area contributed by atoms with Crippen LogP contribution in [-0.4, -0.2) is 23.7 Å². The molecule has 3 fully saturated rings. The fraction of sp³-hybridized carbons (Fsp3) is 0.545. The highest BCUT2D eigenvalue weighted by atomic mass is 16.5. The number of aromatic nitrogens is 1.